The largest absolute Gasteiger partial charge is 0.377 e. The third-order valence-corrected chi connectivity index (χ3v) is 4.15. The number of nitrogens with one attached hydrogen (secondary N) is 1. The number of nitrogens with zero attached hydrogens (tertiary/aromatic N) is 1. The highest BCUT2D eigenvalue weighted by Gasteiger charge is 2.28. The monoisotopic (exact) mass is 286 g/mol. The molecule has 21 heavy (non-hydrogen) atoms. The van der Waals surface area contributed by atoms with Crippen LogP contribution in [-0.4, -0.2) is 37.5 Å². The molecule has 2 heterocycles. The van der Waals surface area contributed by atoms with Crippen LogP contribution in [0.5, 0.6) is 0 Å². The van der Waals surface area contributed by atoms with Crippen molar-refractivity contribution in [3.8, 4) is 0 Å². The van der Waals surface area contributed by atoms with Gasteiger partial charge in [0.25, 0.3) is 0 Å². The molecule has 1 aliphatic heterocycles. The van der Waals surface area contributed by atoms with Gasteiger partial charge in [0, 0.05) is 12.5 Å². The van der Waals surface area contributed by atoms with Crippen LogP contribution in [-0.2, 0) is 15.9 Å². The highest BCUT2D eigenvalue weighted by Crippen LogP contribution is 2.23. The minimum absolute atomic E-state index is 0.0882. The molecule has 4 nitrogen and oxygen atoms in total. The molecule has 1 fully saturated rings. The van der Waals surface area contributed by atoms with Crippen molar-refractivity contribution < 1.29 is 9.47 Å². The number of hydrogen-bond acceptors (Lipinski definition) is 4. The Kier molecular flexibility index (Phi) is 4.08. The van der Waals surface area contributed by atoms with E-state index in [0.29, 0.717) is 13.2 Å². The number of aryl methyl sites for hydroxylation is 2. The van der Waals surface area contributed by atoms with E-state index in [-0.39, 0.29) is 12.1 Å². The molecule has 0 saturated carbocycles. The summed E-state index contributed by atoms with van der Waals surface area (Å²) < 4.78 is 10.9. The Balaban J connectivity index is 1.90. The predicted molar refractivity (Wildman–Crippen MR) is 84.9 cm³/mol. The molecule has 112 valence electrons. The van der Waals surface area contributed by atoms with Crippen LogP contribution in [0.3, 0.4) is 0 Å². The van der Waals surface area contributed by atoms with Crippen molar-refractivity contribution in [2.45, 2.75) is 32.4 Å². The van der Waals surface area contributed by atoms with Gasteiger partial charge in [0.1, 0.15) is 11.9 Å². The third-order valence-electron chi connectivity index (χ3n) is 4.15. The molecule has 0 unspecified atom stereocenters. The number of ether oxygens (including phenoxy) is 2. The van der Waals surface area contributed by atoms with Gasteiger partial charge in [-0.1, -0.05) is 13.0 Å². The van der Waals surface area contributed by atoms with E-state index >= 15 is 0 Å². The minimum Gasteiger partial charge on any atom is -0.377 e. The SMILES string of the molecule is CCc1ccc2nc(N[C@H]3COC[C@@H]3OC)cc(C)c2c1. The number of hydrogen-bond donors (Lipinski definition) is 1. The van der Waals surface area contributed by atoms with Gasteiger partial charge in [0.15, 0.2) is 0 Å². The van der Waals surface area contributed by atoms with Gasteiger partial charge in [-0.3, -0.25) is 0 Å². The van der Waals surface area contributed by atoms with E-state index in [1.165, 1.54) is 16.5 Å². The van der Waals surface area contributed by atoms with E-state index in [4.69, 9.17) is 14.5 Å². The number of rotatable bonds is 4. The van der Waals surface area contributed by atoms with Crippen molar-refractivity contribution in [3.05, 3.63) is 35.4 Å². The summed E-state index contributed by atoms with van der Waals surface area (Å²) in [7, 11) is 1.72. The quantitative estimate of drug-likeness (QED) is 0.938. The van der Waals surface area contributed by atoms with Gasteiger partial charge in [-0.05, 0) is 42.7 Å². The molecule has 0 spiro atoms. The lowest BCUT2D eigenvalue weighted by molar-refractivity contribution is 0.0795. The fraction of sp³-hybridized carbons (Fsp3) is 0.471. The average Bonchev–Trinajstić information content (AvgIpc) is 2.94. The molecule has 4 heteroatoms. The molecule has 1 saturated heterocycles. The number of benzene rings is 1. The average molecular weight is 286 g/mol. The number of pyridine rings is 1. The van der Waals surface area contributed by atoms with E-state index < -0.39 is 0 Å². The zero-order valence-corrected chi connectivity index (χ0v) is 12.8. The molecule has 0 amide bonds. The van der Waals surface area contributed by atoms with Crippen molar-refractivity contribution in [2.24, 2.45) is 0 Å². The van der Waals surface area contributed by atoms with Gasteiger partial charge in [-0.2, -0.15) is 0 Å². The fourth-order valence-corrected chi connectivity index (χ4v) is 2.83. The molecule has 1 N–H and O–H groups in total. The first-order chi connectivity index (χ1) is 10.2. The normalized spacial score (nSPS) is 21.9. The Hall–Kier alpha value is -1.65. The molecule has 1 aromatic heterocycles. The topological polar surface area (TPSA) is 43.4 Å². The summed E-state index contributed by atoms with van der Waals surface area (Å²) in [5, 5.41) is 4.67. The first-order valence-electron chi connectivity index (χ1n) is 7.48. The summed E-state index contributed by atoms with van der Waals surface area (Å²) in [6.45, 7) is 5.60. The fourth-order valence-electron chi connectivity index (χ4n) is 2.83. The summed E-state index contributed by atoms with van der Waals surface area (Å²) >= 11 is 0. The smallest absolute Gasteiger partial charge is 0.127 e. The van der Waals surface area contributed by atoms with Crippen LogP contribution in [0, 0.1) is 6.92 Å². The Bertz CT molecular complexity index is 642. The molecule has 2 aromatic rings. The van der Waals surface area contributed by atoms with E-state index in [1.807, 2.05) is 0 Å². The van der Waals surface area contributed by atoms with Gasteiger partial charge in [-0.25, -0.2) is 4.98 Å². The molecule has 0 aliphatic carbocycles. The summed E-state index contributed by atoms with van der Waals surface area (Å²) in [5.74, 6) is 0.891. The number of fused-ring (bicyclic) bond motifs is 1. The Morgan fingerprint density at radius 2 is 2.19 bits per heavy atom. The summed E-state index contributed by atoms with van der Waals surface area (Å²) in [5.41, 5.74) is 3.62. The van der Waals surface area contributed by atoms with Crippen LogP contribution in [0.25, 0.3) is 10.9 Å². The zero-order chi connectivity index (χ0) is 14.8. The second kappa shape index (κ2) is 6.00. The van der Waals surface area contributed by atoms with E-state index in [0.717, 1.165) is 17.8 Å². The number of methoxy groups -OCH3 is 1. The molecule has 1 aliphatic rings. The second-order valence-corrected chi connectivity index (χ2v) is 5.59. The van der Waals surface area contributed by atoms with E-state index in [1.54, 1.807) is 7.11 Å². The lowest BCUT2D eigenvalue weighted by Crippen LogP contribution is -2.33. The Morgan fingerprint density at radius 3 is 2.95 bits per heavy atom. The zero-order valence-electron chi connectivity index (χ0n) is 12.8. The van der Waals surface area contributed by atoms with Gasteiger partial charge in [0.2, 0.25) is 0 Å². The second-order valence-electron chi connectivity index (χ2n) is 5.59. The van der Waals surface area contributed by atoms with Crippen LogP contribution in [0.2, 0.25) is 0 Å². The lowest BCUT2D eigenvalue weighted by Gasteiger charge is -2.19. The third kappa shape index (κ3) is 2.87. The molecule has 2 atom stereocenters. The summed E-state index contributed by atoms with van der Waals surface area (Å²) in [6.07, 6.45) is 1.13. The summed E-state index contributed by atoms with van der Waals surface area (Å²) in [6, 6.07) is 8.75. The van der Waals surface area contributed by atoms with Gasteiger partial charge < -0.3 is 14.8 Å². The van der Waals surface area contributed by atoms with Crippen LogP contribution >= 0.6 is 0 Å². The van der Waals surface area contributed by atoms with Crippen LogP contribution in [0.4, 0.5) is 5.82 Å². The maximum Gasteiger partial charge on any atom is 0.127 e. The van der Waals surface area contributed by atoms with Gasteiger partial charge in [-0.15, -0.1) is 0 Å². The predicted octanol–water partition coefficient (Wildman–Crippen LogP) is 2.93. The van der Waals surface area contributed by atoms with Crippen LogP contribution in [0.15, 0.2) is 24.3 Å². The molecule has 1 aromatic carbocycles. The standard InChI is InChI=1S/C17H22N2O2/c1-4-12-5-6-14-13(8-12)11(2)7-17(18-14)19-15-9-21-10-16(15)20-3/h5-8,15-16H,4,9-10H2,1-3H3,(H,18,19)/t15-,16-/m0/s1. The lowest BCUT2D eigenvalue weighted by atomic mass is 10.1. The van der Waals surface area contributed by atoms with Crippen molar-refractivity contribution in [3.63, 3.8) is 0 Å². The first-order valence-corrected chi connectivity index (χ1v) is 7.48. The molecule has 0 bridgehead atoms. The van der Waals surface area contributed by atoms with Crippen molar-refractivity contribution in [2.75, 3.05) is 25.6 Å². The molecular formula is C17H22N2O2. The van der Waals surface area contributed by atoms with Crippen LogP contribution < -0.4 is 5.32 Å². The van der Waals surface area contributed by atoms with E-state index in [9.17, 15) is 0 Å². The van der Waals surface area contributed by atoms with Crippen molar-refractivity contribution in [1.29, 1.82) is 0 Å². The molecule has 3 rings (SSSR count). The van der Waals surface area contributed by atoms with Crippen molar-refractivity contribution in [1.82, 2.24) is 4.98 Å². The number of aromatic nitrogens is 1. The van der Waals surface area contributed by atoms with E-state index in [2.05, 4.69) is 43.4 Å². The first kappa shape index (κ1) is 14.3. The maximum atomic E-state index is 5.47. The highest BCUT2D eigenvalue weighted by molar-refractivity contribution is 5.84. The van der Waals surface area contributed by atoms with Crippen molar-refractivity contribution >= 4 is 16.7 Å². The number of anilines is 1. The Morgan fingerprint density at radius 1 is 1.33 bits per heavy atom. The molecule has 0 radical (unpaired) electrons. The Labute approximate surface area is 125 Å². The summed E-state index contributed by atoms with van der Waals surface area (Å²) in [4.78, 5) is 4.72. The minimum atomic E-state index is 0.0882. The molecular weight excluding hydrogens is 264 g/mol. The van der Waals surface area contributed by atoms with Crippen LogP contribution in [0.1, 0.15) is 18.1 Å². The maximum absolute atomic E-state index is 5.47. The van der Waals surface area contributed by atoms with Gasteiger partial charge >= 0.3 is 0 Å². The van der Waals surface area contributed by atoms with Gasteiger partial charge in [0.05, 0.1) is 24.8 Å². The highest BCUT2D eigenvalue weighted by atomic mass is 16.5.